The Bertz CT molecular complexity index is 296. The zero-order valence-electron chi connectivity index (χ0n) is 5.36. The fraction of sp³-hybridized carbons (Fsp3) is 0. The van der Waals surface area contributed by atoms with Gasteiger partial charge in [0.15, 0.2) is 0 Å². The Kier molecular flexibility index (Phi) is 2.90. The molecule has 0 atom stereocenters. The summed E-state index contributed by atoms with van der Waals surface area (Å²) in [5.41, 5.74) is 0. The number of rotatable bonds is 2. The molecular weight excluding hydrogens is 232 g/mol. The number of hydrogen-bond donors (Lipinski definition) is 1. The van der Waals surface area contributed by atoms with Gasteiger partial charge in [0, 0.05) is 4.47 Å². The number of thiol groups is 1. The molecule has 0 aliphatic rings. The highest BCUT2D eigenvalue weighted by Gasteiger charge is 1.92. The third kappa shape index (κ3) is 2.90. The van der Waals surface area contributed by atoms with Crippen molar-refractivity contribution >= 4 is 26.9 Å². The van der Waals surface area contributed by atoms with Gasteiger partial charge in [0.2, 0.25) is 0 Å². The van der Waals surface area contributed by atoms with Gasteiger partial charge in [-0.1, -0.05) is 15.9 Å². The van der Waals surface area contributed by atoms with Gasteiger partial charge in [0.1, 0.15) is 5.75 Å². The molecule has 0 aliphatic heterocycles. The Balaban J connectivity index is 2.82. The molecule has 0 N–H and O–H groups in total. The Morgan fingerprint density at radius 1 is 1.18 bits per heavy atom. The highest BCUT2D eigenvalue weighted by Crippen LogP contribution is 2.15. The Hall–Kier alpha value is -0.550. The van der Waals surface area contributed by atoms with E-state index in [0.29, 0.717) is 5.75 Å². The predicted octanol–water partition coefficient (Wildman–Crippen LogP) is 1.35. The van der Waals surface area contributed by atoms with Crippen LogP contribution in [0.5, 0.6) is 5.75 Å². The van der Waals surface area contributed by atoms with Crippen molar-refractivity contribution in [3.05, 3.63) is 28.7 Å². The van der Waals surface area contributed by atoms with Crippen LogP contribution in [0.4, 0.5) is 0 Å². The van der Waals surface area contributed by atoms with E-state index in [1.54, 1.807) is 24.3 Å². The van der Waals surface area contributed by atoms with Crippen LogP contribution in [0.1, 0.15) is 0 Å². The van der Waals surface area contributed by atoms with Crippen molar-refractivity contribution in [3.8, 4) is 5.75 Å². The first-order chi connectivity index (χ1) is 5.18. The Morgan fingerprint density at radius 2 is 1.73 bits per heavy atom. The predicted molar refractivity (Wildman–Crippen MR) is 45.1 cm³/mol. The summed E-state index contributed by atoms with van der Waals surface area (Å²) in [4.78, 5) is 0. The molecule has 0 amide bonds. The van der Waals surface area contributed by atoms with Gasteiger partial charge in [-0.25, -0.2) is 0 Å². The average Bonchev–Trinajstić information content (AvgIpc) is 1.93. The quantitative estimate of drug-likeness (QED) is 0.789. The third-order valence-electron chi connectivity index (χ3n) is 0.994. The van der Waals surface area contributed by atoms with E-state index < -0.39 is 11.0 Å². The molecule has 1 aromatic rings. The van der Waals surface area contributed by atoms with Crippen LogP contribution in [0.15, 0.2) is 28.7 Å². The van der Waals surface area contributed by atoms with E-state index in [1.807, 2.05) is 0 Å². The molecule has 0 heterocycles. The van der Waals surface area contributed by atoms with Gasteiger partial charge in [-0.2, -0.15) is 8.42 Å². The highest BCUT2D eigenvalue weighted by atomic mass is 79.9. The summed E-state index contributed by atoms with van der Waals surface area (Å²) in [7, 11) is -2.80. The van der Waals surface area contributed by atoms with E-state index in [9.17, 15) is 8.42 Å². The molecule has 0 unspecified atom stereocenters. The molecule has 0 saturated heterocycles. The molecule has 0 spiro atoms. The maximum absolute atomic E-state index is 10.1. The first-order valence-corrected chi connectivity index (χ1v) is 4.65. The number of hydrogen-bond acceptors (Lipinski definition) is 3. The van der Waals surface area contributed by atoms with Crippen LogP contribution in [-0.4, -0.2) is 8.42 Å². The molecule has 5 heteroatoms. The SMILES string of the molecule is O=[SH](=O)Oc1ccc(Br)cc1. The van der Waals surface area contributed by atoms with Gasteiger partial charge in [-0.15, -0.1) is 0 Å². The van der Waals surface area contributed by atoms with Crippen molar-refractivity contribution in [2.75, 3.05) is 0 Å². The molecule has 0 saturated carbocycles. The van der Waals surface area contributed by atoms with E-state index in [0.717, 1.165) is 4.47 Å². The molecule has 1 rings (SSSR count). The Morgan fingerprint density at radius 3 is 2.18 bits per heavy atom. The smallest absolute Gasteiger partial charge is 0.299 e. The monoisotopic (exact) mass is 236 g/mol. The van der Waals surface area contributed by atoms with Crippen molar-refractivity contribution in [2.24, 2.45) is 0 Å². The van der Waals surface area contributed by atoms with Crippen molar-refractivity contribution < 1.29 is 12.6 Å². The molecule has 11 heavy (non-hydrogen) atoms. The molecule has 0 aromatic heterocycles. The lowest BCUT2D eigenvalue weighted by Gasteiger charge is -1.95. The van der Waals surface area contributed by atoms with Crippen LogP contribution in [0.25, 0.3) is 0 Å². The molecule has 0 radical (unpaired) electrons. The zero-order valence-corrected chi connectivity index (χ0v) is 7.84. The molecule has 1 aromatic carbocycles. The lowest BCUT2D eigenvalue weighted by atomic mass is 10.3. The van der Waals surface area contributed by atoms with E-state index in [1.165, 1.54) is 0 Å². The molecule has 3 nitrogen and oxygen atoms in total. The first kappa shape index (κ1) is 8.55. The van der Waals surface area contributed by atoms with Crippen LogP contribution >= 0.6 is 15.9 Å². The minimum Gasteiger partial charge on any atom is -0.384 e. The summed E-state index contributed by atoms with van der Waals surface area (Å²) in [6.45, 7) is 0. The standard InChI is InChI=1S/C6H5BrO3S/c7-5-1-3-6(4-2-5)10-11(8)9/h1-4,11H. The van der Waals surface area contributed by atoms with Crippen molar-refractivity contribution in [1.82, 2.24) is 0 Å². The average molecular weight is 237 g/mol. The number of halogens is 1. The van der Waals surface area contributed by atoms with Gasteiger partial charge in [-0.3, -0.25) is 0 Å². The van der Waals surface area contributed by atoms with Crippen LogP contribution in [0, 0.1) is 0 Å². The number of benzene rings is 1. The molecular formula is C6H5BrO3S. The van der Waals surface area contributed by atoms with Crippen LogP contribution in [0.2, 0.25) is 0 Å². The molecule has 0 bridgehead atoms. The topological polar surface area (TPSA) is 43.4 Å². The summed E-state index contributed by atoms with van der Waals surface area (Å²) < 4.78 is 25.4. The van der Waals surface area contributed by atoms with Crippen molar-refractivity contribution in [2.45, 2.75) is 0 Å². The van der Waals surface area contributed by atoms with Crippen LogP contribution in [-0.2, 0) is 11.0 Å². The summed E-state index contributed by atoms with van der Waals surface area (Å²) >= 11 is 3.21. The highest BCUT2D eigenvalue weighted by molar-refractivity contribution is 9.10. The third-order valence-corrected chi connectivity index (χ3v) is 1.88. The summed E-state index contributed by atoms with van der Waals surface area (Å²) in [5.74, 6) is 0.323. The summed E-state index contributed by atoms with van der Waals surface area (Å²) in [6.07, 6.45) is 0. The fourth-order valence-electron chi connectivity index (χ4n) is 0.582. The molecule has 60 valence electrons. The zero-order chi connectivity index (χ0) is 8.27. The summed E-state index contributed by atoms with van der Waals surface area (Å²) in [5, 5.41) is 0. The van der Waals surface area contributed by atoms with Crippen molar-refractivity contribution in [3.63, 3.8) is 0 Å². The van der Waals surface area contributed by atoms with E-state index >= 15 is 0 Å². The maximum atomic E-state index is 10.1. The van der Waals surface area contributed by atoms with Crippen molar-refractivity contribution in [1.29, 1.82) is 0 Å². The second-order valence-corrected chi connectivity index (χ2v) is 3.31. The van der Waals surface area contributed by atoms with Crippen LogP contribution in [0.3, 0.4) is 0 Å². The lowest BCUT2D eigenvalue weighted by Crippen LogP contribution is -1.88. The van der Waals surface area contributed by atoms with Gasteiger partial charge < -0.3 is 4.18 Å². The van der Waals surface area contributed by atoms with E-state index in [-0.39, 0.29) is 0 Å². The second kappa shape index (κ2) is 3.73. The maximum Gasteiger partial charge on any atom is 0.299 e. The summed E-state index contributed by atoms with van der Waals surface area (Å²) in [6, 6.07) is 6.53. The lowest BCUT2D eigenvalue weighted by molar-refractivity contribution is 0.510. The second-order valence-electron chi connectivity index (χ2n) is 1.77. The Labute approximate surface area is 74.3 Å². The minimum absolute atomic E-state index is 0.323. The molecule has 0 aliphatic carbocycles. The van der Waals surface area contributed by atoms with Gasteiger partial charge in [0.05, 0.1) is 0 Å². The largest absolute Gasteiger partial charge is 0.384 e. The van der Waals surface area contributed by atoms with E-state index in [4.69, 9.17) is 0 Å². The van der Waals surface area contributed by atoms with Gasteiger partial charge in [0.25, 0.3) is 11.0 Å². The van der Waals surface area contributed by atoms with E-state index in [2.05, 4.69) is 20.1 Å². The molecule has 0 fully saturated rings. The minimum atomic E-state index is -2.80. The van der Waals surface area contributed by atoms with Gasteiger partial charge >= 0.3 is 0 Å². The fourth-order valence-corrected chi connectivity index (χ4v) is 1.14. The first-order valence-electron chi connectivity index (χ1n) is 2.76. The van der Waals surface area contributed by atoms with Gasteiger partial charge in [-0.05, 0) is 24.3 Å². The van der Waals surface area contributed by atoms with Crippen LogP contribution < -0.4 is 4.18 Å². The normalized spacial score (nSPS) is 10.0.